The van der Waals surface area contributed by atoms with Gasteiger partial charge in [-0.25, -0.2) is 0 Å². The molecule has 0 aliphatic carbocycles. The number of nitrogens with one attached hydrogen (secondary N) is 1. The fraction of sp³-hybridized carbons (Fsp3) is 0.0476. The molecular formula is C21H17ClN2OS. The summed E-state index contributed by atoms with van der Waals surface area (Å²) in [4.78, 5) is 17.8. The minimum Gasteiger partial charge on any atom is -0.326 e. The van der Waals surface area contributed by atoms with Crippen molar-refractivity contribution >= 4 is 46.9 Å². The summed E-state index contributed by atoms with van der Waals surface area (Å²) in [5.74, 6) is -0.0854. The van der Waals surface area contributed by atoms with Gasteiger partial charge in [-0.3, -0.25) is 9.79 Å². The second kappa shape index (κ2) is 8.70. The van der Waals surface area contributed by atoms with Crippen LogP contribution in [0.2, 0.25) is 5.02 Å². The molecule has 26 heavy (non-hydrogen) atoms. The first kappa shape index (κ1) is 18.2. The number of carbonyl (C=O) groups excluding carboxylic acids is 1. The number of carbonyl (C=O) groups is 1. The fourth-order valence-electron chi connectivity index (χ4n) is 2.24. The molecular weight excluding hydrogens is 364 g/mol. The van der Waals surface area contributed by atoms with E-state index in [1.165, 1.54) is 6.92 Å². The van der Waals surface area contributed by atoms with Crippen LogP contribution in [0.5, 0.6) is 0 Å². The number of hydrogen-bond acceptors (Lipinski definition) is 3. The topological polar surface area (TPSA) is 41.5 Å². The molecule has 0 saturated heterocycles. The first-order chi connectivity index (χ1) is 12.6. The van der Waals surface area contributed by atoms with E-state index in [2.05, 4.69) is 22.4 Å². The third-order valence-electron chi connectivity index (χ3n) is 3.48. The molecule has 0 aliphatic heterocycles. The van der Waals surface area contributed by atoms with Crippen LogP contribution in [0.3, 0.4) is 0 Å². The molecule has 3 rings (SSSR count). The lowest BCUT2D eigenvalue weighted by Gasteiger charge is -2.03. The SMILES string of the molecule is CC(=O)Nc1ccc(N=Cc2ccc(Sc3ccc(Cl)cc3)cc2)cc1. The van der Waals surface area contributed by atoms with Crippen LogP contribution in [0.25, 0.3) is 0 Å². The van der Waals surface area contributed by atoms with Crippen LogP contribution < -0.4 is 5.32 Å². The van der Waals surface area contributed by atoms with E-state index in [1.54, 1.807) is 11.8 Å². The number of rotatable bonds is 5. The van der Waals surface area contributed by atoms with Crippen molar-refractivity contribution in [3.05, 3.63) is 83.4 Å². The van der Waals surface area contributed by atoms with Crippen LogP contribution in [-0.2, 0) is 4.79 Å². The molecule has 3 aromatic rings. The van der Waals surface area contributed by atoms with Gasteiger partial charge < -0.3 is 5.32 Å². The number of anilines is 1. The minimum absolute atomic E-state index is 0.0854. The summed E-state index contributed by atoms with van der Waals surface area (Å²) in [6, 6.07) is 23.4. The van der Waals surface area contributed by atoms with Crippen molar-refractivity contribution < 1.29 is 4.79 Å². The normalized spacial score (nSPS) is 10.8. The van der Waals surface area contributed by atoms with Gasteiger partial charge in [0.25, 0.3) is 0 Å². The monoisotopic (exact) mass is 380 g/mol. The number of halogens is 1. The van der Waals surface area contributed by atoms with E-state index < -0.39 is 0 Å². The Morgan fingerprint density at radius 3 is 2.08 bits per heavy atom. The van der Waals surface area contributed by atoms with Crippen molar-refractivity contribution in [2.75, 3.05) is 5.32 Å². The van der Waals surface area contributed by atoms with Crippen molar-refractivity contribution in [2.45, 2.75) is 16.7 Å². The minimum atomic E-state index is -0.0854. The standard InChI is InChI=1S/C21H17ClN2OS/c1-15(25)24-19-8-6-18(7-9-19)23-14-16-2-10-20(11-3-16)26-21-12-4-17(22)5-13-21/h2-14H,1H3,(H,24,25). The predicted octanol–water partition coefficient (Wildman–Crippen LogP) is 6.20. The van der Waals surface area contributed by atoms with Gasteiger partial charge in [0.2, 0.25) is 5.91 Å². The highest BCUT2D eigenvalue weighted by Gasteiger charge is 1.98. The van der Waals surface area contributed by atoms with Gasteiger partial charge in [-0.2, -0.15) is 0 Å². The molecule has 0 radical (unpaired) electrons. The summed E-state index contributed by atoms with van der Waals surface area (Å²) in [5, 5.41) is 3.48. The third kappa shape index (κ3) is 5.48. The Morgan fingerprint density at radius 1 is 0.923 bits per heavy atom. The molecule has 0 unspecified atom stereocenters. The highest BCUT2D eigenvalue weighted by molar-refractivity contribution is 7.99. The van der Waals surface area contributed by atoms with Crippen LogP contribution in [0, 0.1) is 0 Å². The lowest BCUT2D eigenvalue weighted by molar-refractivity contribution is -0.114. The third-order valence-corrected chi connectivity index (χ3v) is 4.75. The van der Waals surface area contributed by atoms with E-state index in [4.69, 9.17) is 11.6 Å². The molecule has 130 valence electrons. The second-order valence-corrected chi connectivity index (χ2v) is 7.19. The molecule has 0 fully saturated rings. The average Bonchev–Trinajstić information content (AvgIpc) is 2.64. The van der Waals surface area contributed by atoms with E-state index >= 15 is 0 Å². The molecule has 0 atom stereocenters. The fourth-order valence-corrected chi connectivity index (χ4v) is 3.19. The molecule has 0 heterocycles. The van der Waals surface area contributed by atoms with Crippen molar-refractivity contribution in [3.63, 3.8) is 0 Å². The van der Waals surface area contributed by atoms with Gasteiger partial charge >= 0.3 is 0 Å². The maximum atomic E-state index is 11.0. The van der Waals surface area contributed by atoms with E-state index in [1.807, 2.05) is 66.9 Å². The smallest absolute Gasteiger partial charge is 0.221 e. The zero-order valence-corrected chi connectivity index (χ0v) is 15.7. The Morgan fingerprint density at radius 2 is 1.50 bits per heavy atom. The van der Waals surface area contributed by atoms with Gasteiger partial charge in [0.15, 0.2) is 0 Å². The zero-order valence-electron chi connectivity index (χ0n) is 14.1. The van der Waals surface area contributed by atoms with E-state index in [0.717, 1.165) is 31.8 Å². The van der Waals surface area contributed by atoms with Gasteiger partial charge in [0, 0.05) is 33.6 Å². The van der Waals surface area contributed by atoms with E-state index in [-0.39, 0.29) is 5.91 Å². The van der Waals surface area contributed by atoms with Crippen LogP contribution in [0.1, 0.15) is 12.5 Å². The lowest BCUT2D eigenvalue weighted by Crippen LogP contribution is -2.04. The Labute approximate surface area is 162 Å². The van der Waals surface area contributed by atoms with Crippen LogP contribution in [0.4, 0.5) is 11.4 Å². The molecule has 0 aromatic heterocycles. The number of benzene rings is 3. The summed E-state index contributed by atoms with van der Waals surface area (Å²) in [7, 11) is 0. The van der Waals surface area contributed by atoms with Crippen molar-refractivity contribution in [1.29, 1.82) is 0 Å². The Hall–Kier alpha value is -2.56. The van der Waals surface area contributed by atoms with E-state index in [0.29, 0.717) is 0 Å². The Kier molecular flexibility index (Phi) is 6.10. The second-order valence-electron chi connectivity index (χ2n) is 5.61. The maximum absolute atomic E-state index is 11.0. The molecule has 0 saturated carbocycles. The maximum Gasteiger partial charge on any atom is 0.221 e. The largest absolute Gasteiger partial charge is 0.326 e. The summed E-state index contributed by atoms with van der Waals surface area (Å²) in [6.07, 6.45) is 1.82. The Balaban J connectivity index is 1.62. The first-order valence-corrected chi connectivity index (χ1v) is 9.23. The van der Waals surface area contributed by atoms with Gasteiger partial charge in [-0.05, 0) is 66.2 Å². The van der Waals surface area contributed by atoms with Gasteiger partial charge in [-0.1, -0.05) is 35.5 Å². The van der Waals surface area contributed by atoms with Crippen molar-refractivity contribution in [1.82, 2.24) is 0 Å². The van der Waals surface area contributed by atoms with Gasteiger partial charge in [0.05, 0.1) is 5.69 Å². The van der Waals surface area contributed by atoms with E-state index in [9.17, 15) is 4.79 Å². The molecule has 3 aromatic carbocycles. The molecule has 1 amide bonds. The lowest BCUT2D eigenvalue weighted by atomic mass is 10.2. The van der Waals surface area contributed by atoms with Crippen molar-refractivity contribution in [3.8, 4) is 0 Å². The zero-order chi connectivity index (χ0) is 18.4. The highest BCUT2D eigenvalue weighted by atomic mass is 35.5. The first-order valence-electron chi connectivity index (χ1n) is 8.04. The average molecular weight is 381 g/mol. The molecule has 0 aliphatic rings. The summed E-state index contributed by atoms with van der Waals surface area (Å²) < 4.78 is 0. The summed E-state index contributed by atoms with van der Waals surface area (Å²) in [6.45, 7) is 1.49. The summed E-state index contributed by atoms with van der Waals surface area (Å²) >= 11 is 7.60. The molecule has 5 heteroatoms. The van der Waals surface area contributed by atoms with Crippen LogP contribution >= 0.6 is 23.4 Å². The summed E-state index contributed by atoms with van der Waals surface area (Å²) in [5.41, 5.74) is 2.62. The molecule has 0 bridgehead atoms. The highest BCUT2D eigenvalue weighted by Crippen LogP contribution is 2.28. The van der Waals surface area contributed by atoms with Gasteiger partial charge in [-0.15, -0.1) is 0 Å². The predicted molar refractivity (Wildman–Crippen MR) is 110 cm³/mol. The molecule has 3 nitrogen and oxygen atoms in total. The molecule has 0 spiro atoms. The van der Waals surface area contributed by atoms with Crippen LogP contribution in [-0.4, -0.2) is 12.1 Å². The number of nitrogens with zero attached hydrogens (tertiary/aromatic N) is 1. The Bertz CT molecular complexity index is 904. The number of amides is 1. The van der Waals surface area contributed by atoms with Gasteiger partial charge in [0.1, 0.15) is 0 Å². The van der Waals surface area contributed by atoms with Crippen molar-refractivity contribution in [2.24, 2.45) is 4.99 Å². The number of aliphatic imine (C=N–C) groups is 1. The molecule has 1 N–H and O–H groups in total. The van der Waals surface area contributed by atoms with Crippen LogP contribution in [0.15, 0.2) is 87.6 Å². The quantitative estimate of drug-likeness (QED) is 0.535. The number of hydrogen-bond donors (Lipinski definition) is 1.